The summed E-state index contributed by atoms with van der Waals surface area (Å²) in [6.07, 6.45) is 1.90. The van der Waals surface area contributed by atoms with E-state index in [4.69, 9.17) is 0 Å². The number of hydrogen-bond donors (Lipinski definition) is 1. The summed E-state index contributed by atoms with van der Waals surface area (Å²) in [5, 5.41) is 12.4. The molecule has 0 aromatic carbocycles. The van der Waals surface area contributed by atoms with E-state index in [9.17, 15) is 9.90 Å². The number of halogens is 1. The molecule has 0 saturated carbocycles. The summed E-state index contributed by atoms with van der Waals surface area (Å²) in [7, 11) is 0. The van der Waals surface area contributed by atoms with Crippen LogP contribution in [0.4, 0.5) is 4.79 Å². The lowest BCUT2D eigenvalue weighted by atomic mass is 10.0. The standard InChI is InChI=1S/C10H17NO2.I/c1-3-5-7-9(6-4-2)8-11-10(12)13;/h9,11H,3,5,7-8H2,1-2H3,(H,12,13);/q;+1/p-1. The molecule has 0 aromatic rings. The van der Waals surface area contributed by atoms with Crippen molar-refractivity contribution in [1.82, 2.24) is 5.32 Å². The number of rotatable bonds is 5. The first-order chi connectivity index (χ1) is 6.20. The summed E-state index contributed by atoms with van der Waals surface area (Å²) in [5.41, 5.74) is 0. The highest BCUT2D eigenvalue weighted by atomic mass is 127. The van der Waals surface area contributed by atoms with Gasteiger partial charge in [-0.15, -0.1) is 5.92 Å². The highest BCUT2D eigenvalue weighted by molar-refractivity contribution is 5.61. The lowest BCUT2D eigenvalue weighted by Gasteiger charge is -2.12. The van der Waals surface area contributed by atoms with E-state index < -0.39 is 6.09 Å². The zero-order valence-electron chi connectivity index (χ0n) is 8.60. The van der Waals surface area contributed by atoms with Crippen molar-refractivity contribution in [1.29, 1.82) is 0 Å². The number of amides is 1. The molecule has 0 aliphatic rings. The fourth-order valence-electron chi connectivity index (χ4n) is 1.09. The molecule has 0 saturated heterocycles. The minimum absolute atomic E-state index is 0. The minimum Gasteiger partial charge on any atom is -0.530 e. The molecule has 1 atom stereocenters. The van der Waals surface area contributed by atoms with E-state index in [1.165, 1.54) is 0 Å². The van der Waals surface area contributed by atoms with Crippen LogP contribution < -0.4 is 34.4 Å². The normalized spacial score (nSPS) is 10.4. The number of carbonyl (C=O) groups excluding carboxylic acids is 1. The van der Waals surface area contributed by atoms with Gasteiger partial charge < -0.3 is 15.2 Å². The summed E-state index contributed by atoms with van der Waals surface area (Å²) >= 11 is 0. The number of carbonyl (C=O) groups is 1. The SMILES string of the molecule is CC#CC(CCCC)CNC(=O)[O-].[I+]. The Morgan fingerprint density at radius 2 is 2.21 bits per heavy atom. The minimum atomic E-state index is -1.22. The van der Waals surface area contributed by atoms with Crippen molar-refractivity contribution in [2.45, 2.75) is 33.1 Å². The summed E-state index contributed by atoms with van der Waals surface area (Å²) in [5.74, 6) is 5.89. The van der Waals surface area contributed by atoms with Crippen LogP contribution >= 0.6 is 0 Å². The van der Waals surface area contributed by atoms with Crippen LogP contribution in [0.25, 0.3) is 0 Å². The van der Waals surface area contributed by atoms with Gasteiger partial charge in [-0.3, -0.25) is 0 Å². The van der Waals surface area contributed by atoms with Gasteiger partial charge in [-0.2, -0.15) is 0 Å². The average Bonchev–Trinajstić information content (AvgIpc) is 2.09. The Kier molecular flexibility index (Phi) is 12.2. The van der Waals surface area contributed by atoms with Gasteiger partial charge >= 0.3 is 24.0 Å². The molecular weight excluding hydrogens is 293 g/mol. The molecule has 0 aromatic heterocycles. The predicted octanol–water partition coefficient (Wildman–Crippen LogP) is -2.25. The van der Waals surface area contributed by atoms with Gasteiger partial charge in [0, 0.05) is 12.5 Å². The largest absolute Gasteiger partial charge is 1.00 e. The van der Waals surface area contributed by atoms with Gasteiger partial charge in [0.1, 0.15) is 6.09 Å². The lowest BCUT2D eigenvalue weighted by molar-refractivity contribution is -0.250. The van der Waals surface area contributed by atoms with Gasteiger partial charge in [-0.1, -0.05) is 25.7 Å². The zero-order chi connectivity index (χ0) is 10.1. The number of nitrogens with one attached hydrogen (secondary N) is 1. The first kappa shape index (κ1) is 16.0. The Bertz CT molecular complexity index is 208. The lowest BCUT2D eigenvalue weighted by Crippen LogP contribution is -3.00. The second-order valence-corrected chi connectivity index (χ2v) is 2.90. The van der Waals surface area contributed by atoms with Crippen LogP contribution in [0.2, 0.25) is 0 Å². The van der Waals surface area contributed by atoms with E-state index in [2.05, 4.69) is 24.1 Å². The third-order valence-electron chi connectivity index (χ3n) is 1.75. The number of unbranched alkanes of at least 4 members (excludes halogenated alkanes) is 1. The number of carboxylic acid groups (broad SMARTS) is 1. The smallest absolute Gasteiger partial charge is 0.530 e. The Balaban J connectivity index is 0. The first-order valence-corrected chi connectivity index (χ1v) is 4.57. The van der Waals surface area contributed by atoms with Gasteiger partial charge in [0.15, 0.2) is 0 Å². The van der Waals surface area contributed by atoms with E-state index in [1.54, 1.807) is 6.92 Å². The Labute approximate surface area is 103 Å². The van der Waals surface area contributed by atoms with Crippen molar-refractivity contribution in [2.75, 3.05) is 6.54 Å². The maximum absolute atomic E-state index is 10.1. The van der Waals surface area contributed by atoms with Crippen molar-refractivity contribution < 1.29 is 33.9 Å². The molecule has 0 aliphatic carbocycles. The van der Waals surface area contributed by atoms with Gasteiger partial charge in [-0.05, 0) is 13.3 Å². The Hall–Kier alpha value is -0.440. The van der Waals surface area contributed by atoms with Gasteiger partial charge in [0.2, 0.25) is 0 Å². The van der Waals surface area contributed by atoms with Gasteiger partial charge in [0.25, 0.3) is 0 Å². The van der Waals surface area contributed by atoms with Crippen LogP contribution in [0.5, 0.6) is 0 Å². The molecule has 1 amide bonds. The van der Waals surface area contributed by atoms with E-state index in [0.717, 1.165) is 19.3 Å². The van der Waals surface area contributed by atoms with E-state index >= 15 is 0 Å². The van der Waals surface area contributed by atoms with Gasteiger partial charge in [-0.25, -0.2) is 0 Å². The molecule has 4 heteroatoms. The number of hydrogen-bond acceptors (Lipinski definition) is 2. The third kappa shape index (κ3) is 9.65. The Morgan fingerprint density at radius 1 is 1.57 bits per heavy atom. The second kappa shape index (κ2) is 10.6. The average molecular weight is 309 g/mol. The van der Waals surface area contributed by atoms with E-state index in [0.29, 0.717) is 6.54 Å². The van der Waals surface area contributed by atoms with Crippen molar-refractivity contribution in [2.24, 2.45) is 5.92 Å². The van der Waals surface area contributed by atoms with Crippen molar-refractivity contribution >= 4 is 6.09 Å². The molecule has 0 aliphatic heterocycles. The molecule has 2 radical (unpaired) electrons. The molecular formula is C10H16INO2. The van der Waals surface area contributed by atoms with Gasteiger partial charge in [0.05, 0.1) is 0 Å². The molecule has 0 heterocycles. The van der Waals surface area contributed by atoms with Crippen molar-refractivity contribution in [3.63, 3.8) is 0 Å². The molecule has 0 fully saturated rings. The fourth-order valence-corrected chi connectivity index (χ4v) is 1.09. The summed E-state index contributed by atoms with van der Waals surface area (Å²) in [6, 6.07) is 0. The summed E-state index contributed by atoms with van der Waals surface area (Å²) in [6.45, 7) is 4.24. The van der Waals surface area contributed by atoms with Crippen LogP contribution in [0.3, 0.4) is 0 Å². The van der Waals surface area contributed by atoms with Crippen LogP contribution in [0.15, 0.2) is 0 Å². The van der Waals surface area contributed by atoms with Crippen molar-refractivity contribution in [3.05, 3.63) is 0 Å². The second-order valence-electron chi connectivity index (χ2n) is 2.90. The van der Waals surface area contributed by atoms with Crippen LogP contribution in [-0.2, 0) is 0 Å². The quantitative estimate of drug-likeness (QED) is 0.461. The first-order valence-electron chi connectivity index (χ1n) is 4.57. The van der Waals surface area contributed by atoms with Crippen LogP contribution in [0.1, 0.15) is 33.1 Å². The van der Waals surface area contributed by atoms with E-state index in [-0.39, 0.29) is 29.9 Å². The molecule has 0 bridgehead atoms. The Morgan fingerprint density at radius 3 is 2.64 bits per heavy atom. The third-order valence-corrected chi connectivity index (χ3v) is 1.75. The molecule has 3 nitrogen and oxygen atoms in total. The molecule has 0 rings (SSSR count). The molecule has 80 valence electrons. The molecule has 0 spiro atoms. The molecule has 14 heavy (non-hydrogen) atoms. The fraction of sp³-hybridized carbons (Fsp3) is 0.700. The predicted molar refractivity (Wildman–Crippen MR) is 49.9 cm³/mol. The summed E-state index contributed by atoms with van der Waals surface area (Å²) in [4.78, 5) is 10.1. The highest BCUT2D eigenvalue weighted by Gasteiger charge is 2.03. The maximum Gasteiger partial charge on any atom is 1.00 e. The van der Waals surface area contributed by atoms with Crippen LogP contribution in [-0.4, -0.2) is 12.6 Å². The summed E-state index contributed by atoms with van der Waals surface area (Å²) < 4.78 is 0. The zero-order valence-corrected chi connectivity index (χ0v) is 10.8. The monoisotopic (exact) mass is 309 g/mol. The van der Waals surface area contributed by atoms with Crippen LogP contribution in [0, 0.1) is 17.8 Å². The van der Waals surface area contributed by atoms with E-state index in [1.807, 2.05) is 0 Å². The topological polar surface area (TPSA) is 52.2 Å². The molecule has 1 N–H and O–H groups in total. The van der Waals surface area contributed by atoms with Crippen molar-refractivity contribution in [3.8, 4) is 11.8 Å². The molecule has 1 unspecified atom stereocenters. The highest BCUT2D eigenvalue weighted by Crippen LogP contribution is 2.05. The maximum atomic E-state index is 10.1.